The Kier molecular flexibility index (Phi) is 3.14. The Morgan fingerprint density at radius 1 is 1.33 bits per heavy atom. The zero-order valence-electron chi connectivity index (χ0n) is 10.4. The molecular formula is C14H14N2S2. The number of thiazole rings is 1. The molecule has 0 N–H and O–H groups in total. The van der Waals surface area contributed by atoms with Gasteiger partial charge in [-0.05, 0) is 29.9 Å². The quantitative estimate of drug-likeness (QED) is 0.676. The van der Waals surface area contributed by atoms with E-state index in [1.54, 1.807) is 22.7 Å². The van der Waals surface area contributed by atoms with Gasteiger partial charge in [-0.2, -0.15) is 0 Å². The summed E-state index contributed by atoms with van der Waals surface area (Å²) in [6, 6.07) is 4.24. The van der Waals surface area contributed by atoms with Gasteiger partial charge in [0.15, 0.2) is 0 Å². The smallest absolute Gasteiger partial charge is 0.125 e. The number of rotatable bonds is 3. The molecule has 92 valence electrons. The largest absolute Gasteiger partial charge is 0.255 e. The van der Waals surface area contributed by atoms with Crippen molar-refractivity contribution in [2.45, 2.75) is 26.2 Å². The van der Waals surface area contributed by atoms with E-state index in [9.17, 15) is 0 Å². The molecule has 1 atom stereocenters. The van der Waals surface area contributed by atoms with Gasteiger partial charge in [0.25, 0.3) is 0 Å². The van der Waals surface area contributed by atoms with Crippen molar-refractivity contribution < 1.29 is 0 Å². The van der Waals surface area contributed by atoms with Crippen LogP contribution in [0.2, 0.25) is 0 Å². The number of fused-ring (bicyclic) bond motifs is 1. The van der Waals surface area contributed by atoms with Crippen LogP contribution in [0.5, 0.6) is 0 Å². The minimum absolute atomic E-state index is 0.536. The van der Waals surface area contributed by atoms with Crippen LogP contribution in [0.3, 0.4) is 0 Å². The summed E-state index contributed by atoms with van der Waals surface area (Å²) in [5, 5.41) is 5.32. The first-order valence-electron chi connectivity index (χ1n) is 6.07. The third-order valence-corrected chi connectivity index (χ3v) is 4.95. The normalized spacial score (nSPS) is 13.0. The lowest BCUT2D eigenvalue weighted by Crippen LogP contribution is -1.91. The van der Waals surface area contributed by atoms with Crippen LogP contribution in [0.1, 0.15) is 31.9 Å². The minimum atomic E-state index is 0.536. The van der Waals surface area contributed by atoms with Crippen LogP contribution in [0.4, 0.5) is 0 Å². The fourth-order valence-electron chi connectivity index (χ4n) is 1.82. The molecule has 0 saturated heterocycles. The highest BCUT2D eigenvalue weighted by atomic mass is 32.1. The van der Waals surface area contributed by atoms with E-state index in [0.717, 1.165) is 22.5 Å². The number of nitrogens with zero attached hydrogens (tertiary/aromatic N) is 2. The number of hydrogen-bond donors (Lipinski definition) is 0. The predicted molar refractivity (Wildman–Crippen MR) is 79.4 cm³/mol. The molecule has 0 saturated carbocycles. The average molecular weight is 274 g/mol. The van der Waals surface area contributed by atoms with Gasteiger partial charge in [-0.25, -0.2) is 4.98 Å². The Morgan fingerprint density at radius 3 is 3.06 bits per heavy atom. The summed E-state index contributed by atoms with van der Waals surface area (Å²) in [6.45, 7) is 4.42. The van der Waals surface area contributed by atoms with Gasteiger partial charge in [-0.1, -0.05) is 13.8 Å². The number of aromatic nitrogens is 2. The number of hydrogen-bond acceptors (Lipinski definition) is 4. The summed E-state index contributed by atoms with van der Waals surface area (Å²) >= 11 is 3.44. The first kappa shape index (κ1) is 11.8. The lowest BCUT2D eigenvalue weighted by Gasteiger charge is -2.02. The molecule has 4 heteroatoms. The summed E-state index contributed by atoms with van der Waals surface area (Å²) in [6.07, 6.45) is 3.06. The molecule has 0 bridgehead atoms. The Bertz CT molecular complexity index is 669. The van der Waals surface area contributed by atoms with Crippen LogP contribution >= 0.6 is 22.7 Å². The fourth-order valence-corrected chi connectivity index (χ4v) is 3.52. The standard InChI is InChI=1S/C14H14N2S2/c1-3-9(2)12-8-18-14(16-12)10-6-13-11(15-7-10)4-5-17-13/h4-9H,3H2,1-2H3. The molecule has 3 aromatic heterocycles. The molecule has 1 unspecified atom stereocenters. The molecule has 0 aliphatic rings. The maximum absolute atomic E-state index is 4.73. The van der Waals surface area contributed by atoms with E-state index in [-0.39, 0.29) is 0 Å². The first-order chi connectivity index (χ1) is 8.78. The van der Waals surface area contributed by atoms with Crippen LogP contribution in [0.25, 0.3) is 20.8 Å². The van der Waals surface area contributed by atoms with Gasteiger partial charge in [0, 0.05) is 17.1 Å². The van der Waals surface area contributed by atoms with Crippen LogP contribution in [-0.2, 0) is 0 Å². The van der Waals surface area contributed by atoms with Crippen molar-refractivity contribution in [1.29, 1.82) is 0 Å². The molecule has 0 fully saturated rings. The van der Waals surface area contributed by atoms with Crippen molar-refractivity contribution in [2.75, 3.05) is 0 Å². The van der Waals surface area contributed by atoms with Crippen molar-refractivity contribution in [1.82, 2.24) is 9.97 Å². The van der Waals surface area contributed by atoms with Gasteiger partial charge in [0.2, 0.25) is 0 Å². The average Bonchev–Trinajstić information content (AvgIpc) is 3.05. The monoisotopic (exact) mass is 274 g/mol. The Hall–Kier alpha value is -1.26. The number of pyridine rings is 1. The second kappa shape index (κ2) is 4.78. The first-order valence-corrected chi connectivity index (χ1v) is 7.83. The third-order valence-electron chi connectivity index (χ3n) is 3.19. The topological polar surface area (TPSA) is 25.8 Å². The van der Waals surface area contributed by atoms with Crippen molar-refractivity contribution in [3.8, 4) is 10.6 Å². The third kappa shape index (κ3) is 2.06. The minimum Gasteiger partial charge on any atom is -0.255 e. The van der Waals surface area contributed by atoms with Gasteiger partial charge < -0.3 is 0 Å². The second-order valence-electron chi connectivity index (χ2n) is 4.41. The molecule has 0 spiro atoms. The van der Waals surface area contributed by atoms with Gasteiger partial charge in [-0.15, -0.1) is 22.7 Å². The lowest BCUT2D eigenvalue weighted by molar-refractivity contribution is 0.714. The molecule has 3 aromatic rings. The van der Waals surface area contributed by atoms with E-state index in [1.807, 2.05) is 6.20 Å². The van der Waals surface area contributed by atoms with E-state index in [0.29, 0.717) is 5.92 Å². The molecule has 0 amide bonds. The van der Waals surface area contributed by atoms with Crippen molar-refractivity contribution in [3.05, 3.63) is 34.8 Å². The van der Waals surface area contributed by atoms with Crippen molar-refractivity contribution in [3.63, 3.8) is 0 Å². The van der Waals surface area contributed by atoms with Crippen LogP contribution in [0, 0.1) is 0 Å². The van der Waals surface area contributed by atoms with Gasteiger partial charge >= 0.3 is 0 Å². The molecule has 0 radical (unpaired) electrons. The Balaban J connectivity index is 2.00. The molecule has 18 heavy (non-hydrogen) atoms. The number of thiophene rings is 1. The second-order valence-corrected chi connectivity index (χ2v) is 6.22. The Morgan fingerprint density at radius 2 is 2.22 bits per heavy atom. The molecule has 3 rings (SSSR count). The molecule has 3 heterocycles. The summed E-state index contributed by atoms with van der Waals surface area (Å²) in [5.74, 6) is 0.536. The highest BCUT2D eigenvalue weighted by molar-refractivity contribution is 7.17. The SMILES string of the molecule is CCC(C)c1csc(-c2cnc3ccsc3c2)n1. The lowest BCUT2D eigenvalue weighted by atomic mass is 10.1. The maximum Gasteiger partial charge on any atom is 0.125 e. The van der Waals surface area contributed by atoms with Gasteiger partial charge in [0.1, 0.15) is 5.01 Å². The summed E-state index contributed by atoms with van der Waals surface area (Å²) in [7, 11) is 0. The van der Waals surface area contributed by atoms with Gasteiger partial charge in [0.05, 0.1) is 15.9 Å². The zero-order chi connectivity index (χ0) is 12.5. The molecule has 2 nitrogen and oxygen atoms in total. The van der Waals surface area contributed by atoms with Crippen molar-refractivity contribution >= 4 is 32.9 Å². The summed E-state index contributed by atoms with van der Waals surface area (Å²) in [4.78, 5) is 9.19. The molecule has 0 aliphatic carbocycles. The van der Waals surface area contributed by atoms with Crippen molar-refractivity contribution in [2.24, 2.45) is 0 Å². The maximum atomic E-state index is 4.73. The summed E-state index contributed by atoms with van der Waals surface area (Å²) < 4.78 is 1.23. The van der Waals surface area contributed by atoms with Crippen LogP contribution in [-0.4, -0.2) is 9.97 Å². The molecule has 0 aromatic carbocycles. The molecule has 0 aliphatic heterocycles. The van der Waals surface area contributed by atoms with Crippen LogP contribution in [0.15, 0.2) is 29.1 Å². The van der Waals surface area contributed by atoms with E-state index in [1.165, 1.54) is 10.4 Å². The van der Waals surface area contributed by atoms with E-state index < -0.39 is 0 Å². The zero-order valence-corrected chi connectivity index (χ0v) is 12.0. The van der Waals surface area contributed by atoms with Gasteiger partial charge in [-0.3, -0.25) is 4.98 Å². The molecular weight excluding hydrogens is 260 g/mol. The Labute approximate surface area is 114 Å². The van der Waals surface area contributed by atoms with E-state index >= 15 is 0 Å². The highest BCUT2D eigenvalue weighted by Gasteiger charge is 2.10. The van der Waals surface area contributed by atoms with Crippen LogP contribution < -0.4 is 0 Å². The van der Waals surface area contributed by atoms with E-state index in [2.05, 4.69) is 41.7 Å². The predicted octanol–water partition coefficient (Wildman–Crippen LogP) is 4.93. The van der Waals surface area contributed by atoms with E-state index in [4.69, 9.17) is 4.98 Å². The fraction of sp³-hybridized carbons (Fsp3) is 0.286. The summed E-state index contributed by atoms with van der Waals surface area (Å²) in [5.41, 5.74) is 3.40. The highest BCUT2D eigenvalue weighted by Crippen LogP contribution is 2.30.